The summed E-state index contributed by atoms with van der Waals surface area (Å²) in [6, 6.07) is -0.743. The molecule has 0 radical (unpaired) electrons. The summed E-state index contributed by atoms with van der Waals surface area (Å²) in [6.45, 7) is 26.1. The van der Waals surface area contributed by atoms with Crippen molar-refractivity contribution in [3.63, 3.8) is 0 Å². The number of carbonyl (C=O) groups excluding carboxylic acids is 4. The molecule has 0 aromatic carbocycles. The Kier molecular flexibility index (Phi) is 23.7. The monoisotopic (exact) mass is 1070 g/mol. The van der Waals surface area contributed by atoms with E-state index in [1.807, 2.05) is 26.8 Å². The molecular formula is C54H93NO18Si. The Hall–Kier alpha value is -2.54. The van der Waals surface area contributed by atoms with Crippen LogP contribution in [-0.2, 0) is 71.0 Å². The van der Waals surface area contributed by atoms with Gasteiger partial charge in [0.2, 0.25) is 0 Å². The van der Waals surface area contributed by atoms with E-state index < -0.39 is 154 Å². The third-order valence-corrected chi connectivity index (χ3v) is 20.4. The van der Waals surface area contributed by atoms with E-state index in [9.17, 15) is 34.5 Å². The molecule has 426 valence electrons. The number of allylic oxidation sites excluding steroid dienone is 3. The number of likely N-dealkylation sites (N-methyl/N-ethyl adjacent to an activating group) is 1. The number of hydrogen-bond donors (Lipinski definition) is 3. The minimum absolute atomic E-state index is 0.0187. The van der Waals surface area contributed by atoms with E-state index in [1.165, 1.54) is 19.9 Å². The van der Waals surface area contributed by atoms with Gasteiger partial charge in [-0.25, -0.2) is 0 Å². The van der Waals surface area contributed by atoms with Crippen molar-refractivity contribution >= 4 is 32.3 Å². The third-order valence-electron chi connectivity index (χ3n) is 15.9. The molecule has 0 spiro atoms. The first kappa shape index (κ1) is 64.0. The minimum Gasteiger partial charge on any atom is -0.462 e. The number of aliphatic hydroxyl groups excluding tert-OH is 2. The number of ether oxygens (including phenoxy) is 10. The number of hydrogen-bond acceptors (Lipinski definition) is 19. The highest BCUT2D eigenvalue weighted by Gasteiger charge is 2.54. The lowest BCUT2D eigenvalue weighted by Crippen LogP contribution is -2.66. The number of rotatable bonds is 16. The van der Waals surface area contributed by atoms with Crippen molar-refractivity contribution in [3.8, 4) is 0 Å². The highest BCUT2D eigenvalue weighted by molar-refractivity contribution is 6.74. The van der Waals surface area contributed by atoms with Crippen LogP contribution in [-0.4, -0.2) is 191 Å². The lowest BCUT2D eigenvalue weighted by molar-refractivity contribution is -0.342. The largest absolute Gasteiger partial charge is 0.462 e. The van der Waals surface area contributed by atoms with Gasteiger partial charge in [0.05, 0.1) is 61.3 Å². The smallest absolute Gasteiger partial charge is 0.308 e. The summed E-state index contributed by atoms with van der Waals surface area (Å²) in [4.78, 5) is 55.3. The van der Waals surface area contributed by atoms with Crippen LogP contribution in [0.15, 0.2) is 23.8 Å². The normalized spacial score (nSPS) is 41.7. The number of esters is 2. The fourth-order valence-corrected chi connectivity index (χ4v) is 11.8. The maximum absolute atomic E-state index is 14.1. The summed E-state index contributed by atoms with van der Waals surface area (Å²) in [5, 5.41) is 33.6. The zero-order valence-electron chi connectivity index (χ0n) is 47.5. The highest BCUT2D eigenvalue weighted by atomic mass is 28.4. The van der Waals surface area contributed by atoms with Gasteiger partial charge in [-0.15, -0.1) is 0 Å². The second-order valence-corrected chi connectivity index (χ2v) is 27.9. The number of aldehydes is 1. The summed E-state index contributed by atoms with van der Waals surface area (Å²) in [7, 11) is 4.45. The second kappa shape index (κ2) is 27.4. The maximum Gasteiger partial charge on any atom is 0.308 e. The van der Waals surface area contributed by atoms with Crippen molar-refractivity contribution in [2.75, 3.05) is 34.9 Å². The Labute approximate surface area is 441 Å². The summed E-state index contributed by atoms with van der Waals surface area (Å²) in [6.07, 6.45) is -7.41. The quantitative estimate of drug-likeness (QED) is 0.0993. The first-order chi connectivity index (χ1) is 34.4. The van der Waals surface area contributed by atoms with Gasteiger partial charge in [0.25, 0.3) is 0 Å². The van der Waals surface area contributed by atoms with Gasteiger partial charge < -0.3 is 76.8 Å². The average molecular weight is 1070 g/mol. The number of methoxy groups -OCH3 is 2. The molecule has 3 N–H and O–H groups in total. The first-order valence-electron chi connectivity index (χ1n) is 26.5. The molecule has 3 fully saturated rings. The highest BCUT2D eigenvalue weighted by Crippen LogP contribution is 2.42. The third kappa shape index (κ3) is 16.3. The summed E-state index contributed by atoms with van der Waals surface area (Å²) in [5.74, 6) is -4.33. The van der Waals surface area contributed by atoms with Crippen LogP contribution in [0, 0.1) is 23.7 Å². The van der Waals surface area contributed by atoms with E-state index >= 15 is 0 Å². The van der Waals surface area contributed by atoms with Crippen LogP contribution in [0.2, 0.25) is 18.1 Å². The molecule has 0 aliphatic carbocycles. The van der Waals surface area contributed by atoms with Crippen molar-refractivity contribution in [3.05, 3.63) is 23.8 Å². The molecule has 4 aliphatic rings. The van der Waals surface area contributed by atoms with E-state index in [4.69, 9.17) is 51.8 Å². The van der Waals surface area contributed by atoms with Gasteiger partial charge in [0.15, 0.2) is 39.1 Å². The van der Waals surface area contributed by atoms with Crippen LogP contribution < -0.4 is 0 Å². The van der Waals surface area contributed by atoms with Gasteiger partial charge in [0, 0.05) is 51.7 Å². The lowest BCUT2D eigenvalue weighted by Gasteiger charge is -2.50. The molecular weight excluding hydrogens is 979 g/mol. The van der Waals surface area contributed by atoms with Crippen LogP contribution in [0.3, 0.4) is 0 Å². The van der Waals surface area contributed by atoms with Crippen molar-refractivity contribution in [2.45, 2.75) is 237 Å². The molecule has 0 aromatic rings. The van der Waals surface area contributed by atoms with Gasteiger partial charge in [0.1, 0.15) is 36.8 Å². The Balaban J connectivity index is 1.66. The van der Waals surface area contributed by atoms with Gasteiger partial charge in [-0.1, -0.05) is 59.3 Å². The van der Waals surface area contributed by atoms with Crippen LogP contribution >= 0.6 is 0 Å². The number of ketones is 1. The molecule has 0 saturated carbocycles. The Bertz CT molecular complexity index is 1890. The molecule has 21 atom stereocenters. The first-order valence-corrected chi connectivity index (χ1v) is 29.4. The van der Waals surface area contributed by atoms with Gasteiger partial charge >= 0.3 is 11.9 Å². The number of aliphatic hydroxyl groups is 3. The molecule has 74 heavy (non-hydrogen) atoms. The summed E-state index contributed by atoms with van der Waals surface area (Å²) in [5.41, 5.74) is -0.823. The molecule has 4 aliphatic heterocycles. The lowest BCUT2D eigenvalue weighted by atomic mass is 9.79. The van der Waals surface area contributed by atoms with Crippen molar-refractivity contribution in [1.29, 1.82) is 0 Å². The molecule has 0 bridgehead atoms. The summed E-state index contributed by atoms with van der Waals surface area (Å²) >= 11 is 0. The van der Waals surface area contributed by atoms with E-state index in [0.29, 0.717) is 12.0 Å². The number of carbonyl (C=O) groups is 4. The average Bonchev–Trinajstić information content (AvgIpc) is 3.29. The Morgan fingerprint density at radius 1 is 0.892 bits per heavy atom. The SMILES string of the molecule is CC[C@H]1OC(=O)C[C@@H](O)[C@H](C)[C@@H](O[C@@H]2O[C@H](C)[C@@H](O[C@H]3C[C@@](C)(O)[C@@H](O)[C@H](C)O3)[C@H](N(C)C)[C@H]2OC(C)=O)[C@@H](CC=O)C[C@@H](C)C(=O)/C=C/C(C)=C/[C@@H]1CO[C@@H]1O[C@H](C)[C@@H](O[Si](C)(C)C(C)(C)C)[C@@H](OC)[C@H]1OC. The molecule has 0 unspecified atom stereocenters. The zero-order chi connectivity index (χ0) is 55.8. The van der Waals surface area contributed by atoms with E-state index in [1.54, 1.807) is 67.0 Å². The van der Waals surface area contributed by atoms with Crippen LogP contribution in [0.5, 0.6) is 0 Å². The Morgan fingerprint density at radius 2 is 1.51 bits per heavy atom. The van der Waals surface area contributed by atoms with Crippen molar-refractivity contribution in [2.24, 2.45) is 23.7 Å². The Morgan fingerprint density at radius 3 is 2.07 bits per heavy atom. The molecule has 4 rings (SSSR count). The summed E-state index contributed by atoms with van der Waals surface area (Å²) < 4.78 is 70.0. The number of cyclic esters (lactones) is 1. The predicted octanol–water partition coefficient (Wildman–Crippen LogP) is 5.43. The molecule has 19 nitrogen and oxygen atoms in total. The van der Waals surface area contributed by atoms with Gasteiger partial charge in [-0.3, -0.25) is 14.4 Å². The fraction of sp³-hybridized carbons (Fsp3) is 0.852. The van der Waals surface area contributed by atoms with Crippen molar-refractivity contribution in [1.82, 2.24) is 4.90 Å². The van der Waals surface area contributed by atoms with Crippen LogP contribution in [0.1, 0.15) is 115 Å². The van der Waals surface area contributed by atoms with Gasteiger partial charge in [-0.2, -0.15) is 0 Å². The van der Waals surface area contributed by atoms with E-state index in [2.05, 4.69) is 33.9 Å². The molecule has 4 heterocycles. The molecule has 20 heteroatoms. The maximum atomic E-state index is 14.1. The topological polar surface area (TPSA) is 234 Å². The van der Waals surface area contributed by atoms with Crippen LogP contribution in [0.25, 0.3) is 0 Å². The fourth-order valence-electron chi connectivity index (χ4n) is 10.5. The van der Waals surface area contributed by atoms with Crippen LogP contribution in [0.4, 0.5) is 0 Å². The predicted molar refractivity (Wildman–Crippen MR) is 276 cm³/mol. The zero-order valence-corrected chi connectivity index (χ0v) is 48.5. The van der Waals surface area contributed by atoms with Gasteiger partial charge in [-0.05, 0) is 91.7 Å². The number of nitrogens with zero attached hydrogens (tertiary/aromatic N) is 1. The second-order valence-electron chi connectivity index (χ2n) is 23.2. The minimum atomic E-state index is -2.27. The standard InChI is InChI=1S/C54H93NO18Si/c1-19-40-37(28-65-51-49(64-16)48(63-15)46(33(6)67-51)73-74(17,18)53(9,10)11)24-29(2)20-21-38(58)30(3)25-36(22-23-56)44(31(4)39(59)26-41(60)70-40)72-52-47(69-35(8)57)43(55(13)14)45(32(5)68-52)71-42-27-54(12,62)50(61)34(7)66-42/h20-21,23-24,30-34,36-37,39-40,42-52,59,61-62H,19,22,25-28H2,1-18H3/b21-20+,29-24+/t30-,31+,32-,33-,34+,36+,37-,39-,40-,42+,43+,44-,45-,46-,47-,48-,49-,50+,51-,52+,54-/m1/s1. The van der Waals surface area contributed by atoms with Crippen molar-refractivity contribution < 1.29 is 86.3 Å². The van der Waals surface area contributed by atoms with E-state index in [-0.39, 0.29) is 36.7 Å². The molecule has 3 saturated heterocycles. The molecule has 0 amide bonds. The molecule has 0 aromatic heterocycles. The van der Waals surface area contributed by atoms with E-state index in [0.717, 1.165) is 6.29 Å².